The number of amides is 2. The van der Waals surface area contributed by atoms with Crippen LogP contribution in [0.15, 0.2) is 23.6 Å². The molecule has 0 aliphatic rings. The first-order chi connectivity index (χ1) is 13.4. The van der Waals surface area contributed by atoms with Crippen LogP contribution in [0, 0.1) is 0 Å². The Morgan fingerprint density at radius 2 is 1.82 bits per heavy atom. The lowest BCUT2D eigenvalue weighted by atomic mass is 10.2. The van der Waals surface area contributed by atoms with Crippen molar-refractivity contribution in [3.63, 3.8) is 0 Å². The zero-order valence-electron chi connectivity index (χ0n) is 16.7. The molecule has 7 nitrogen and oxygen atoms in total. The molecule has 0 radical (unpaired) electrons. The van der Waals surface area contributed by atoms with Gasteiger partial charge in [0.25, 0.3) is 5.91 Å². The average molecular weight is 406 g/mol. The summed E-state index contributed by atoms with van der Waals surface area (Å²) in [4.78, 5) is 28.8. The van der Waals surface area contributed by atoms with Crippen LogP contribution < -0.4 is 20.1 Å². The normalized spacial score (nSPS) is 10.6. The van der Waals surface area contributed by atoms with Crippen molar-refractivity contribution in [1.82, 2.24) is 15.6 Å². The van der Waals surface area contributed by atoms with Gasteiger partial charge in [-0.2, -0.15) is 0 Å². The predicted molar refractivity (Wildman–Crippen MR) is 109 cm³/mol. The Morgan fingerprint density at radius 3 is 2.46 bits per heavy atom. The van der Waals surface area contributed by atoms with E-state index in [4.69, 9.17) is 9.47 Å². The molecule has 0 saturated heterocycles. The summed E-state index contributed by atoms with van der Waals surface area (Å²) in [6.07, 6.45) is 0. The van der Waals surface area contributed by atoms with E-state index >= 15 is 0 Å². The van der Waals surface area contributed by atoms with Gasteiger partial charge in [-0.15, -0.1) is 11.3 Å². The highest BCUT2D eigenvalue weighted by atomic mass is 32.1. The minimum Gasteiger partial charge on any atom is -0.490 e. The van der Waals surface area contributed by atoms with Gasteiger partial charge >= 0.3 is 0 Å². The molecule has 2 N–H and O–H groups in total. The number of hydrogen-bond acceptors (Lipinski definition) is 6. The van der Waals surface area contributed by atoms with E-state index in [1.807, 2.05) is 19.2 Å². The van der Waals surface area contributed by atoms with Gasteiger partial charge < -0.3 is 20.1 Å². The summed E-state index contributed by atoms with van der Waals surface area (Å²) in [6, 6.07) is 4.95. The maximum atomic E-state index is 12.3. The van der Waals surface area contributed by atoms with Crippen LogP contribution in [0.2, 0.25) is 0 Å². The van der Waals surface area contributed by atoms with Crippen LogP contribution in [0.1, 0.15) is 54.7 Å². The first-order valence-electron chi connectivity index (χ1n) is 9.33. The van der Waals surface area contributed by atoms with E-state index in [9.17, 15) is 9.59 Å². The number of carbonyl (C=O) groups is 2. The van der Waals surface area contributed by atoms with E-state index in [0.29, 0.717) is 42.7 Å². The zero-order valence-corrected chi connectivity index (χ0v) is 17.5. The summed E-state index contributed by atoms with van der Waals surface area (Å²) in [6.45, 7) is 9.09. The molecule has 0 bridgehead atoms. The second-order valence-corrected chi connectivity index (χ2v) is 7.21. The molecule has 0 unspecified atom stereocenters. The summed E-state index contributed by atoms with van der Waals surface area (Å²) in [5.74, 6) is 0.830. The van der Waals surface area contributed by atoms with Gasteiger partial charge in [0.2, 0.25) is 5.91 Å². The Kier molecular flexibility index (Phi) is 8.25. The molecule has 152 valence electrons. The third kappa shape index (κ3) is 6.23. The number of ether oxygens (including phenoxy) is 2. The third-order valence-corrected chi connectivity index (χ3v) is 4.94. The fraction of sp³-hybridized carbons (Fsp3) is 0.450. The van der Waals surface area contributed by atoms with E-state index in [1.54, 1.807) is 29.5 Å². The van der Waals surface area contributed by atoms with Crippen LogP contribution in [0.25, 0.3) is 0 Å². The molecule has 0 atom stereocenters. The highest BCUT2D eigenvalue weighted by Gasteiger charge is 2.13. The van der Waals surface area contributed by atoms with Crippen molar-refractivity contribution in [3.8, 4) is 11.5 Å². The van der Waals surface area contributed by atoms with Crippen LogP contribution in [0.5, 0.6) is 11.5 Å². The van der Waals surface area contributed by atoms with E-state index in [2.05, 4.69) is 29.5 Å². The molecule has 1 aromatic heterocycles. The minimum absolute atomic E-state index is 0.114. The molecule has 0 aliphatic carbocycles. The molecular formula is C20H27N3O4S. The van der Waals surface area contributed by atoms with Crippen molar-refractivity contribution in [2.75, 3.05) is 19.8 Å². The first-order valence-corrected chi connectivity index (χ1v) is 10.2. The van der Waals surface area contributed by atoms with Gasteiger partial charge in [-0.05, 0) is 32.0 Å². The molecule has 1 heterocycles. The van der Waals surface area contributed by atoms with Gasteiger partial charge in [0.05, 0.1) is 37.0 Å². The Bertz CT molecular complexity index is 804. The number of rotatable bonds is 10. The molecule has 0 saturated carbocycles. The second kappa shape index (κ2) is 10.7. The van der Waals surface area contributed by atoms with Crippen LogP contribution in [-0.4, -0.2) is 36.6 Å². The summed E-state index contributed by atoms with van der Waals surface area (Å²) in [5, 5.41) is 8.35. The predicted octanol–water partition coefficient (Wildman–Crippen LogP) is 3.11. The topological polar surface area (TPSA) is 89.5 Å². The van der Waals surface area contributed by atoms with Gasteiger partial charge in [0.1, 0.15) is 0 Å². The summed E-state index contributed by atoms with van der Waals surface area (Å²) in [7, 11) is 0. The van der Waals surface area contributed by atoms with E-state index in [-0.39, 0.29) is 18.4 Å². The fourth-order valence-electron chi connectivity index (χ4n) is 2.38. The van der Waals surface area contributed by atoms with Gasteiger partial charge in [0, 0.05) is 16.9 Å². The average Bonchev–Trinajstić information content (AvgIpc) is 3.15. The second-order valence-electron chi connectivity index (χ2n) is 6.32. The standard InChI is InChI=1S/C20H27N3O4S/c1-5-26-16-8-7-14(9-17(16)27-6-2)19(25)22-11-18(24)21-10-15-12-28-20(23-15)13(3)4/h7-9,12-13H,5-6,10-11H2,1-4H3,(H,21,24)(H,22,25). The number of aromatic nitrogens is 1. The Balaban J connectivity index is 1.86. The maximum absolute atomic E-state index is 12.3. The monoisotopic (exact) mass is 405 g/mol. The molecule has 2 aromatic rings. The molecule has 0 spiro atoms. The third-order valence-electron chi connectivity index (χ3n) is 3.75. The molecule has 2 rings (SSSR count). The van der Waals surface area contributed by atoms with Crippen LogP contribution >= 0.6 is 11.3 Å². The molecule has 1 aromatic carbocycles. The van der Waals surface area contributed by atoms with E-state index in [1.165, 1.54) is 0 Å². The Hall–Kier alpha value is -2.61. The molecule has 2 amide bonds. The maximum Gasteiger partial charge on any atom is 0.251 e. The van der Waals surface area contributed by atoms with Crippen molar-refractivity contribution in [2.45, 2.75) is 40.2 Å². The number of nitrogens with zero attached hydrogens (tertiary/aromatic N) is 1. The highest BCUT2D eigenvalue weighted by Crippen LogP contribution is 2.28. The van der Waals surface area contributed by atoms with Crippen molar-refractivity contribution in [1.29, 1.82) is 0 Å². The Morgan fingerprint density at radius 1 is 1.11 bits per heavy atom. The van der Waals surface area contributed by atoms with E-state index in [0.717, 1.165) is 10.7 Å². The molecule has 0 fully saturated rings. The largest absolute Gasteiger partial charge is 0.490 e. The lowest BCUT2D eigenvalue weighted by Crippen LogP contribution is -2.36. The highest BCUT2D eigenvalue weighted by molar-refractivity contribution is 7.09. The van der Waals surface area contributed by atoms with Gasteiger partial charge in [0.15, 0.2) is 11.5 Å². The Labute approximate surface area is 169 Å². The fourth-order valence-corrected chi connectivity index (χ4v) is 3.21. The van der Waals surface area contributed by atoms with Gasteiger partial charge in [-0.1, -0.05) is 13.8 Å². The lowest BCUT2D eigenvalue weighted by molar-refractivity contribution is -0.120. The molecule has 0 aliphatic heterocycles. The quantitative estimate of drug-likeness (QED) is 0.634. The SMILES string of the molecule is CCOc1ccc(C(=O)NCC(=O)NCc2csc(C(C)C)n2)cc1OCC. The number of nitrogens with one attached hydrogen (secondary N) is 2. The van der Waals surface area contributed by atoms with Crippen molar-refractivity contribution in [2.24, 2.45) is 0 Å². The van der Waals surface area contributed by atoms with Crippen LogP contribution in [0.3, 0.4) is 0 Å². The lowest BCUT2D eigenvalue weighted by Gasteiger charge is -2.12. The summed E-state index contributed by atoms with van der Waals surface area (Å²) in [5.41, 5.74) is 1.22. The number of hydrogen-bond donors (Lipinski definition) is 2. The van der Waals surface area contributed by atoms with Crippen molar-refractivity contribution < 1.29 is 19.1 Å². The summed E-state index contributed by atoms with van der Waals surface area (Å²) >= 11 is 1.58. The molecule has 8 heteroatoms. The van der Waals surface area contributed by atoms with Gasteiger partial charge in [-0.3, -0.25) is 9.59 Å². The van der Waals surface area contributed by atoms with Crippen molar-refractivity contribution >= 4 is 23.2 Å². The van der Waals surface area contributed by atoms with E-state index < -0.39 is 0 Å². The smallest absolute Gasteiger partial charge is 0.251 e. The van der Waals surface area contributed by atoms with Crippen molar-refractivity contribution in [3.05, 3.63) is 39.8 Å². The molecular weight excluding hydrogens is 378 g/mol. The zero-order chi connectivity index (χ0) is 20.5. The summed E-state index contributed by atoms with van der Waals surface area (Å²) < 4.78 is 11.0. The molecule has 28 heavy (non-hydrogen) atoms. The number of thiazole rings is 1. The van der Waals surface area contributed by atoms with Gasteiger partial charge in [-0.25, -0.2) is 4.98 Å². The van der Waals surface area contributed by atoms with Crippen LogP contribution in [-0.2, 0) is 11.3 Å². The number of benzene rings is 1. The number of carbonyl (C=O) groups excluding carboxylic acids is 2. The first kappa shape index (κ1) is 21.7. The van der Waals surface area contributed by atoms with Crippen LogP contribution in [0.4, 0.5) is 0 Å². The minimum atomic E-state index is -0.352.